The van der Waals surface area contributed by atoms with E-state index in [0.29, 0.717) is 11.3 Å². The van der Waals surface area contributed by atoms with Gasteiger partial charge in [-0.3, -0.25) is 4.79 Å². The number of hydrogen-bond donors (Lipinski definition) is 2. The zero-order valence-electron chi connectivity index (χ0n) is 15.2. The van der Waals surface area contributed by atoms with Crippen molar-refractivity contribution in [3.8, 4) is 17.6 Å². The zero-order valence-corrected chi connectivity index (χ0v) is 17.6. The molecule has 1 amide bonds. The van der Waals surface area contributed by atoms with Crippen molar-refractivity contribution in [3.63, 3.8) is 0 Å². The topological polar surface area (TPSA) is 109 Å². The normalized spacial score (nSPS) is 10.8. The first-order chi connectivity index (χ1) is 13.8. The molecule has 29 heavy (non-hydrogen) atoms. The molecule has 2 N–H and O–H groups in total. The molecule has 0 aliphatic carbocycles. The number of carbonyl (C=O) groups is 2. The predicted molar refractivity (Wildman–Crippen MR) is 112 cm³/mol. The number of halogens is 2. The van der Waals surface area contributed by atoms with Crippen LogP contribution in [0.25, 0.3) is 6.08 Å². The summed E-state index contributed by atoms with van der Waals surface area (Å²) in [6.45, 7) is 1.43. The summed E-state index contributed by atoms with van der Waals surface area (Å²) in [4.78, 5) is 23.2. The average molecular weight is 480 g/mol. The van der Waals surface area contributed by atoms with E-state index >= 15 is 0 Å². The van der Waals surface area contributed by atoms with Gasteiger partial charge >= 0.3 is 5.97 Å². The Morgan fingerprint density at radius 3 is 2.69 bits per heavy atom. The number of hydrogen-bond acceptors (Lipinski definition) is 5. The number of carbonyl (C=O) groups excluding carboxylic acids is 1. The van der Waals surface area contributed by atoms with Gasteiger partial charge in [-0.15, -0.1) is 0 Å². The lowest BCUT2D eigenvalue weighted by molar-refractivity contribution is -0.139. The van der Waals surface area contributed by atoms with E-state index in [-0.39, 0.29) is 28.7 Å². The molecule has 0 unspecified atom stereocenters. The highest BCUT2D eigenvalue weighted by atomic mass is 79.9. The third kappa shape index (κ3) is 6.52. The van der Waals surface area contributed by atoms with E-state index < -0.39 is 18.5 Å². The summed E-state index contributed by atoms with van der Waals surface area (Å²) in [6, 6.07) is 11.8. The predicted octanol–water partition coefficient (Wildman–Crippen LogP) is 4.51. The van der Waals surface area contributed by atoms with Crippen molar-refractivity contribution in [2.24, 2.45) is 0 Å². The number of nitrogens with zero attached hydrogens (tertiary/aromatic N) is 1. The number of anilines is 1. The van der Waals surface area contributed by atoms with Crippen molar-refractivity contribution in [2.75, 3.05) is 18.5 Å². The van der Waals surface area contributed by atoms with Crippen LogP contribution in [0.15, 0.2) is 46.4 Å². The quantitative estimate of drug-likeness (QED) is 0.426. The summed E-state index contributed by atoms with van der Waals surface area (Å²) >= 11 is 9.50. The number of nitrogens with one attached hydrogen (secondary N) is 1. The molecule has 150 valence electrons. The number of carboxylic acid groups (broad SMARTS) is 1. The number of aliphatic carboxylic acids is 1. The van der Waals surface area contributed by atoms with Gasteiger partial charge in [0.25, 0.3) is 5.91 Å². The van der Waals surface area contributed by atoms with Crippen LogP contribution in [0, 0.1) is 11.3 Å². The van der Waals surface area contributed by atoms with E-state index in [2.05, 4.69) is 21.2 Å². The Morgan fingerprint density at radius 2 is 2.07 bits per heavy atom. The van der Waals surface area contributed by atoms with Crippen LogP contribution >= 0.6 is 27.5 Å². The lowest BCUT2D eigenvalue weighted by Crippen LogP contribution is -2.13. The number of benzene rings is 2. The molecule has 0 fully saturated rings. The van der Waals surface area contributed by atoms with E-state index in [1.54, 1.807) is 25.1 Å². The minimum Gasteiger partial charge on any atom is -0.490 e. The summed E-state index contributed by atoms with van der Waals surface area (Å²) < 4.78 is 11.4. The van der Waals surface area contributed by atoms with Crippen LogP contribution in [0.1, 0.15) is 12.5 Å². The lowest BCUT2D eigenvalue weighted by Gasteiger charge is -2.13. The second-order valence-corrected chi connectivity index (χ2v) is 6.90. The molecular weight excluding hydrogens is 464 g/mol. The highest BCUT2D eigenvalue weighted by Gasteiger charge is 2.15. The Morgan fingerprint density at radius 1 is 1.31 bits per heavy atom. The van der Waals surface area contributed by atoms with E-state index in [0.717, 1.165) is 4.47 Å². The molecule has 0 saturated heterocycles. The van der Waals surface area contributed by atoms with Crippen LogP contribution in [0.2, 0.25) is 5.02 Å². The monoisotopic (exact) mass is 478 g/mol. The third-order valence-corrected chi connectivity index (χ3v) is 4.20. The Labute approximate surface area is 180 Å². The minimum absolute atomic E-state index is 0.0742. The van der Waals surface area contributed by atoms with Gasteiger partial charge in [-0.2, -0.15) is 5.26 Å². The second-order valence-electron chi connectivity index (χ2n) is 5.58. The highest BCUT2D eigenvalue weighted by molar-refractivity contribution is 9.10. The third-order valence-electron chi connectivity index (χ3n) is 3.43. The maximum absolute atomic E-state index is 12.4. The van der Waals surface area contributed by atoms with Gasteiger partial charge in [-0.1, -0.05) is 33.6 Å². The Balaban J connectivity index is 2.33. The van der Waals surface area contributed by atoms with Crippen LogP contribution in [0.4, 0.5) is 5.69 Å². The van der Waals surface area contributed by atoms with Crippen molar-refractivity contribution in [1.29, 1.82) is 5.26 Å². The maximum atomic E-state index is 12.4. The first kappa shape index (κ1) is 22.3. The van der Waals surface area contributed by atoms with Crippen molar-refractivity contribution in [2.45, 2.75) is 6.92 Å². The molecule has 2 rings (SSSR count). The zero-order chi connectivity index (χ0) is 21.4. The molecule has 2 aromatic carbocycles. The van der Waals surface area contributed by atoms with E-state index in [4.69, 9.17) is 26.2 Å². The van der Waals surface area contributed by atoms with Crippen LogP contribution < -0.4 is 14.8 Å². The average Bonchev–Trinajstić information content (AvgIpc) is 2.65. The molecule has 0 aliphatic heterocycles. The van der Waals surface area contributed by atoms with E-state index in [1.807, 2.05) is 12.1 Å². The van der Waals surface area contributed by atoms with Gasteiger partial charge in [0.2, 0.25) is 0 Å². The largest absolute Gasteiger partial charge is 0.490 e. The fourth-order valence-corrected chi connectivity index (χ4v) is 2.96. The van der Waals surface area contributed by atoms with Gasteiger partial charge in [-0.25, -0.2) is 4.79 Å². The summed E-state index contributed by atoms with van der Waals surface area (Å²) in [6.07, 6.45) is 1.35. The maximum Gasteiger partial charge on any atom is 0.341 e. The molecule has 0 aromatic heterocycles. The summed E-state index contributed by atoms with van der Waals surface area (Å²) in [5.74, 6) is -1.48. The van der Waals surface area contributed by atoms with Gasteiger partial charge in [-0.05, 0) is 48.9 Å². The van der Waals surface area contributed by atoms with Crippen molar-refractivity contribution >= 4 is 51.2 Å². The summed E-state index contributed by atoms with van der Waals surface area (Å²) in [7, 11) is 0. The molecule has 9 heteroatoms. The fourth-order valence-electron chi connectivity index (χ4n) is 2.29. The highest BCUT2D eigenvalue weighted by Crippen LogP contribution is 2.37. The fraction of sp³-hybridized carbons (Fsp3) is 0.150. The van der Waals surface area contributed by atoms with Gasteiger partial charge in [0.05, 0.1) is 11.6 Å². The molecular formula is C20H16BrClN2O5. The molecule has 0 saturated carbocycles. The Hall–Kier alpha value is -3.02. The SMILES string of the molecule is CCOc1cc(/C=C(\C#N)C(=O)Nc2cccc(Br)c2)cc(Cl)c1OCC(=O)O. The van der Waals surface area contributed by atoms with Crippen LogP contribution in [-0.4, -0.2) is 30.2 Å². The summed E-state index contributed by atoms with van der Waals surface area (Å²) in [5, 5.41) is 20.9. The molecule has 7 nitrogen and oxygen atoms in total. The van der Waals surface area contributed by atoms with Crippen molar-refractivity contribution in [1.82, 2.24) is 0 Å². The lowest BCUT2D eigenvalue weighted by atomic mass is 10.1. The van der Waals surface area contributed by atoms with E-state index in [1.165, 1.54) is 18.2 Å². The minimum atomic E-state index is -1.16. The number of amides is 1. The molecule has 0 heterocycles. The molecule has 0 aliphatic rings. The van der Waals surface area contributed by atoms with Crippen LogP contribution in [0.5, 0.6) is 11.5 Å². The molecule has 0 atom stereocenters. The Bertz CT molecular complexity index is 1000. The Kier molecular flexibility index (Phi) is 8.07. The van der Waals surface area contributed by atoms with E-state index in [9.17, 15) is 14.9 Å². The summed E-state index contributed by atoms with van der Waals surface area (Å²) in [5.41, 5.74) is 0.792. The molecule has 0 radical (unpaired) electrons. The first-order valence-electron chi connectivity index (χ1n) is 8.33. The molecule has 0 bridgehead atoms. The number of rotatable bonds is 8. The van der Waals surface area contributed by atoms with Gasteiger partial charge in [0.1, 0.15) is 11.6 Å². The number of carboxylic acids is 1. The number of nitriles is 1. The van der Waals surface area contributed by atoms with Gasteiger partial charge in [0.15, 0.2) is 18.1 Å². The van der Waals surface area contributed by atoms with Gasteiger partial charge < -0.3 is 19.9 Å². The van der Waals surface area contributed by atoms with Gasteiger partial charge in [0, 0.05) is 10.2 Å². The second kappa shape index (κ2) is 10.5. The first-order valence-corrected chi connectivity index (χ1v) is 9.50. The number of ether oxygens (including phenoxy) is 2. The smallest absolute Gasteiger partial charge is 0.341 e. The van der Waals surface area contributed by atoms with Crippen LogP contribution in [0.3, 0.4) is 0 Å². The standard InChI is InChI=1S/C20H16BrClN2O5/c1-2-28-17-8-12(7-16(22)19(17)29-11-18(25)26)6-13(10-23)20(27)24-15-5-3-4-14(21)9-15/h3-9H,2,11H2,1H3,(H,24,27)(H,25,26)/b13-6+. The van der Waals surface area contributed by atoms with Crippen LogP contribution in [-0.2, 0) is 9.59 Å². The molecule has 2 aromatic rings. The van der Waals surface area contributed by atoms with Crippen molar-refractivity contribution < 1.29 is 24.2 Å². The molecule has 0 spiro atoms. The van der Waals surface area contributed by atoms with Crippen molar-refractivity contribution in [3.05, 3.63) is 57.0 Å².